The molecule has 2 heterocycles. The summed E-state index contributed by atoms with van der Waals surface area (Å²) < 4.78 is 7.38. The molecule has 21 heavy (non-hydrogen) atoms. The Morgan fingerprint density at radius 3 is 2.90 bits per heavy atom. The number of fused-ring (bicyclic) bond motifs is 3. The fourth-order valence-corrected chi connectivity index (χ4v) is 3.23. The van der Waals surface area contributed by atoms with Gasteiger partial charge in [-0.1, -0.05) is 11.8 Å². The van der Waals surface area contributed by atoms with Crippen molar-refractivity contribution in [3.63, 3.8) is 0 Å². The number of methoxy groups -OCH3 is 1. The molecule has 0 radical (unpaired) electrons. The number of aryl methyl sites for hydroxylation is 1. The van der Waals surface area contributed by atoms with Crippen LogP contribution in [0.2, 0.25) is 0 Å². The minimum absolute atomic E-state index is 0.192. The van der Waals surface area contributed by atoms with E-state index < -0.39 is 0 Å². The number of benzene rings is 1. The number of aromatic nitrogens is 3. The highest BCUT2D eigenvalue weighted by molar-refractivity contribution is 7.99. The first-order valence-electron chi connectivity index (χ1n) is 6.80. The normalized spacial score (nSPS) is 11.4. The van der Waals surface area contributed by atoms with Crippen LogP contribution in [0.4, 0.5) is 0 Å². The zero-order valence-electron chi connectivity index (χ0n) is 12.0. The van der Waals surface area contributed by atoms with E-state index in [0.29, 0.717) is 0 Å². The lowest BCUT2D eigenvalue weighted by molar-refractivity contribution is 0.296. The predicted molar refractivity (Wildman–Crippen MR) is 84.2 cm³/mol. The summed E-state index contributed by atoms with van der Waals surface area (Å²) in [7, 11) is 1.66. The average molecular weight is 303 g/mol. The molecule has 0 atom stereocenters. The van der Waals surface area contributed by atoms with Crippen LogP contribution in [0.5, 0.6) is 5.75 Å². The van der Waals surface area contributed by atoms with Crippen molar-refractivity contribution in [2.45, 2.75) is 18.5 Å². The maximum Gasteiger partial charge on any atom is 0.196 e. The molecule has 2 aromatic heterocycles. The van der Waals surface area contributed by atoms with Crippen LogP contribution < -0.4 is 4.74 Å². The molecule has 3 rings (SSSR count). The Balaban J connectivity index is 2.20. The Kier molecular flexibility index (Phi) is 3.98. The average Bonchev–Trinajstić information content (AvgIpc) is 2.90. The number of hydrogen-bond donors (Lipinski definition) is 1. The molecular weight excluding hydrogens is 286 g/mol. The van der Waals surface area contributed by atoms with Crippen molar-refractivity contribution >= 4 is 28.3 Å². The number of aliphatic hydroxyl groups excluding tert-OH is 1. The highest BCUT2D eigenvalue weighted by Crippen LogP contribution is 2.28. The fraction of sp³-hybridized carbons (Fsp3) is 0.333. The Morgan fingerprint density at radius 1 is 1.29 bits per heavy atom. The Hall–Kier alpha value is -1.79. The molecule has 6 heteroatoms. The van der Waals surface area contributed by atoms with Crippen molar-refractivity contribution in [3.05, 3.63) is 29.8 Å². The minimum atomic E-state index is 0.192. The van der Waals surface area contributed by atoms with Crippen LogP contribution >= 0.6 is 11.8 Å². The van der Waals surface area contributed by atoms with Gasteiger partial charge in [-0.15, -0.1) is 10.2 Å². The first-order valence-corrected chi connectivity index (χ1v) is 7.79. The van der Waals surface area contributed by atoms with E-state index in [1.54, 1.807) is 18.9 Å². The molecule has 110 valence electrons. The molecule has 0 saturated carbocycles. The van der Waals surface area contributed by atoms with E-state index in [1.807, 2.05) is 22.6 Å². The maximum atomic E-state index is 8.91. The third-order valence-electron chi connectivity index (χ3n) is 3.41. The summed E-state index contributed by atoms with van der Waals surface area (Å²) >= 11 is 1.60. The van der Waals surface area contributed by atoms with Crippen LogP contribution in [0.3, 0.4) is 0 Å². The highest BCUT2D eigenvalue weighted by atomic mass is 32.2. The number of pyridine rings is 1. The SMILES string of the molecule is COc1ccc2c(C)cc3nnc(SCCCO)n3c2c1. The lowest BCUT2D eigenvalue weighted by Gasteiger charge is -2.09. The molecule has 0 aliphatic carbocycles. The number of nitrogens with zero attached hydrogens (tertiary/aromatic N) is 3. The number of aliphatic hydroxyl groups is 1. The van der Waals surface area contributed by atoms with Crippen molar-refractivity contribution in [1.29, 1.82) is 0 Å². The van der Waals surface area contributed by atoms with Crippen molar-refractivity contribution in [2.75, 3.05) is 19.5 Å². The Morgan fingerprint density at radius 2 is 2.14 bits per heavy atom. The fourth-order valence-electron chi connectivity index (χ4n) is 2.35. The highest BCUT2D eigenvalue weighted by Gasteiger charge is 2.12. The van der Waals surface area contributed by atoms with Crippen LogP contribution in [0, 0.1) is 6.92 Å². The van der Waals surface area contributed by atoms with E-state index >= 15 is 0 Å². The van der Waals surface area contributed by atoms with Crippen LogP contribution in [-0.4, -0.2) is 39.2 Å². The Bertz CT molecular complexity index is 785. The molecule has 0 aliphatic heterocycles. The van der Waals surface area contributed by atoms with Gasteiger partial charge in [0.25, 0.3) is 0 Å². The van der Waals surface area contributed by atoms with E-state index in [2.05, 4.69) is 23.2 Å². The van der Waals surface area contributed by atoms with Gasteiger partial charge in [-0.3, -0.25) is 4.40 Å². The quantitative estimate of drug-likeness (QED) is 0.580. The van der Waals surface area contributed by atoms with Gasteiger partial charge in [0.15, 0.2) is 10.8 Å². The molecule has 1 aromatic carbocycles. The van der Waals surface area contributed by atoms with Gasteiger partial charge in [0, 0.05) is 23.8 Å². The van der Waals surface area contributed by atoms with E-state index in [0.717, 1.165) is 39.6 Å². The molecule has 0 amide bonds. The second-order valence-corrected chi connectivity index (χ2v) is 5.87. The zero-order valence-corrected chi connectivity index (χ0v) is 12.9. The number of ether oxygens (including phenoxy) is 1. The summed E-state index contributed by atoms with van der Waals surface area (Å²) in [5, 5.41) is 19.4. The van der Waals surface area contributed by atoms with Gasteiger partial charge in [0.1, 0.15) is 5.75 Å². The van der Waals surface area contributed by atoms with E-state index in [9.17, 15) is 0 Å². The van der Waals surface area contributed by atoms with Crippen LogP contribution in [0.25, 0.3) is 16.6 Å². The van der Waals surface area contributed by atoms with Gasteiger partial charge in [-0.2, -0.15) is 0 Å². The molecule has 0 bridgehead atoms. The van der Waals surface area contributed by atoms with Crippen molar-refractivity contribution < 1.29 is 9.84 Å². The lowest BCUT2D eigenvalue weighted by Crippen LogP contribution is -1.95. The first-order chi connectivity index (χ1) is 10.2. The van der Waals surface area contributed by atoms with Crippen molar-refractivity contribution in [1.82, 2.24) is 14.6 Å². The number of rotatable bonds is 5. The van der Waals surface area contributed by atoms with Gasteiger partial charge in [0.2, 0.25) is 0 Å². The Labute approximate surface area is 126 Å². The summed E-state index contributed by atoms with van der Waals surface area (Å²) in [5.74, 6) is 1.63. The lowest BCUT2D eigenvalue weighted by atomic mass is 10.1. The second kappa shape index (κ2) is 5.91. The molecule has 0 aliphatic rings. The maximum absolute atomic E-state index is 8.91. The molecule has 1 N–H and O–H groups in total. The topological polar surface area (TPSA) is 59.7 Å². The predicted octanol–water partition coefficient (Wildman–Crippen LogP) is 2.67. The van der Waals surface area contributed by atoms with Crippen LogP contribution in [0.1, 0.15) is 12.0 Å². The summed E-state index contributed by atoms with van der Waals surface area (Å²) in [6, 6.07) is 8.07. The van der Waals surface area contributed by atoms with Gasteiger partial charge < -0.3 is 9.84 Å². The molecule has 0 saturated heterocycles. The largest absolute Gasteiger partial charge is 0.497 e. The molecule has 5 nitrogen and oxygen atoms in total. The van der Waals surface area contributed by atoms with Gasteiger partial charge >= 0.3 is 0 Å². The summed E-state index contributed by atoms with van der Waals surface area (Å²) in [4.78, 5) is 0. The monoisotopic (exact) mass is 303 g/mol. The van der Waals surface area contributed by atoms with E-state index in [-0.39, 0.29) is 6.61 Å². The summed E-state index contributed by atoms with van der Waals surface area (Å²) in [6.07, 6.45) is 0.743. The van der Waals surface area contributed by atoms with Gasteiger partial charge in [0.05, 0.1) is 12.6 Å². The van der Waals surface area contributed by atoms with Gasteiger partial charge in [-0.05, 0) is 37.1 Å². The summed E-state index contributed by atoms with van der Waals surface area (Å²) in [5.41, 5.74) is 3.04. The van der Waals surface area contributed by atoms with Crippen molar-refractivity contribution in [3.8, 4) is 5.75 Å². The van der Waals surface area contributed by atoms with E-state index in [4.69, 9.17) is 9.84 Å². The van der Waals surface area contributed by atoms with Crippen LogP contribution in [-0.2, 0) is 0 Å². The third-order valence-corrected chi connectivity index (χ3v) is 4.42. The minimum Gasteiger partial charge on any atom is -0.497 e. The number of hydrogen-bond acceptors (Lipinski definition) is 5. The van der Waals surface area contributed by atoms with Crippen molar-refractivity contribution in [2.24, 2.45) is 0 Å². The first kappa shape index (κ1) is 14.2. The zero-order chi connectivity index (χ0) is 14.8. The molecule has 3 aromatic rings. The smallest absolute Gasteiger partial charge is 0.196 e. The molecule has 0 fully saturated rings. The van der Waals surface area contributed by atoms with Crippen LogP contribution in [0.15, 0.2) is 29.4 Å². The molecule has 0 unspecified atom stereocenters. The summed E-state index contributed by atoms with van der Waals surface area (Å²) in [6.45, 7) is 2.26. The number of thioether (sulfide) groups is 1. The third kappa shape index (κ3) is 2.56. The van der Waals surface area contributed by atoms with E-state index in [1.165, 1.54) is 5.56 Å². The standard InChI is InChI=1S/C15H17N3O2S/c1-10-8-14-16-17-15(21-7-3-6-19)18(14)13-9-11(20-2)4-5-12(10)13/h4-5,8-9,19H,3,6-7H2,1-2H3. The second-order valence-electron chi connectivity index (χ2n) is 4.81. The van der Waals surface area contributed by atoms with Gasteiger partial charge in [-0.25, -0.2) is 0 Å². The molecular formula is C15H17N3O2S. The molecule has 0 spiro atoms.